The molecule has 3 saturated heterocycles. The molecule has 45 heavy (non-hydrogen) atoms. The Morgan fingerprint density at radius 2 is 1.67 bits per heavy atom. The highest BCUT2D eigenvalue weighted by Crippen LogP contribution is 2.33. The molecule has 1 saturated carbocycles. The van der Waals surface area contributed by atoms with E-state index in [2.05, 4.69) is 20.9 Å². The van der Waals surface area contributed by atoms with E-state index in [4.69, 9.17) is 21.4 Å². The van der Waals surface area contributed by atoms with Crippen LogP contribution in [0.2, 0.25) is 0 Å². The summed E-state index contributed by atoms with van der Waals surface area (Å²) in [5.74, 6) is 0.779. The number of hydrogen-bond donors (Lipinski definition) is 8. The van der Waals surface area contributed by atoms with Gasteiger partial charge in [0, 0.05) is 65.3 Å². The Kier molecular flexibility index (Phi) is 15.4. The van der Waals surface area contributed by atoms with Crippen molar-refractivity contribution in [2.75, 3.05) is 65.6 Å². The van der Waals surface area contributed by atoms with E-state index in [1.54, 1.807) is 4.90 Å². The fourth-order valence-corrected chi connectivity index (χ4v) is 7.25. The van der Waals surface area contributed by atoms with Crippen LogP contribution in [0.3, 0.4) is 0 Å². The second-order valence-electron chi connectivity index (χ2n) is 13.7. The summed E-state index contributed by atoms with van der Waals surface area (Å²) in [4.78, 5) is 17.0. The minimum atomic E-state index is -1.64. The Morgan fingerprint density at radius 1 is 0.978 bits per heavy atom. The number of ether oxygens (including phenoxy) is 1. The Balaban J connectivity index is 0.996. The molecule has 4 rings (SSSR count). The van der Waals surface area contributed by atoms with Gasteiger partial charge in [-0.25, -0.2) is 4.39 Å². The summed E-state index contributed by atoms with van der Waals surface area (Å²) in [5, 5.41) is 57.9. The topological polar surface area (TPSA) is 170 Å². The molecule has 0 aromatic carbocycles. The molecule has 1 amide bonds. The van der Waals surface area contributed by atoms with Gasteiger partial charge in [-0.3, -0.25) is 20.3 Å². The summed E-state index contributed by atoms with van der Waals surface area (Å²) in [6.07, 6.45) is 0.450. The first-order chi connectivity index (χ1) is 21.6. The van der Waals surface area contributed by atoms with Crippen LogP contribution in [0.5, 0.6) is 0 Å². The van der Waals surface area contributed by atoms with Crippen molar-refractivity contribution in [2.24, 2.45) is 17.8 Å². The average molecular weight is 666 g/mol. The van der Waals surface area contributed by atoms with E-state index in [0.717, 1.165) is 51.9 Å². The molecular formula is C31H57ClFN5O7. The molecule has 0 spiro atoms. The molecule has 7 atom stereocenters. The molecule has 4 fully saturated rings. The molecule has 4 aliphatic rings. The Bertz CT molecular complexity index is 864. The van der Waals surface area contributed by atoms with Crippen molar-refractivity contribution in [2.45, 2.75) is 106 Å². The number of carbonyl (C=O) groups excluding carboxylic acids is 1. The highest BCUT2D eigenvalue weighted by atomic mass is 35.5. The van der Waals surface area contributed by atoms with E-state index in [-0.39, 0.29) is 42.6 Å². The zero-order valence-corrected chi connectivity index (χ0v) is 27.2. The number of halogens is 2. The van der Waals surface area contributed by atoms with E-state index in [1.165, 1.54) is 12.8 Å². The first-order valence-electron chi connectivity index (χ1n) is 17.1. The van der Waals surface area contributed by atoms with Gasteiger partial charge in [0.2, 0.25) is 5.91 Å². The lowest BCUT2D eigenvalue weighted by atomic mass is 9.82. The summed E-state index contributed by atoms with van der Waals surface area (Å²) in [6, 6.07) is 0. The summed E-state index contributed by atoms with van der Waals surface area (Å²) in [5.41, 5.74) is 0. The van der Waals surface area contributed by atoms with E-state index in [9.17, 15) is 25.2 Å². The van der Waals surface area contributed by atoms with Gasteiger partial charge >= 0.3 is 0 Å². The molecule has 3 aliphatic heterocycles. The van der Waals surface area contributed by atoms with Crippen LogP contribution in [-0.2, 0) is 9.53 Å². The Hall–Kier alpha value is -0.710. The first kappa shape index (κ1) is 37.1. The molecule has 3 heterocycles. The minimum Gasteiger partial charge on any atom is -0.394 e. The number of hydrogen-bond acceptors (Lipinski definition) is 11. The monoisotopic (exact) mass is 665 g/mol. The van der Waals surface area contributed by atoms with Crippen molar-refractivity contribution < 1.29 is 39.5 Å². The zero-order valence-electron chi connectivity index (χ0n) is 26.5. The second-order valence-corrected chi connectivity index (χ2v) is 14.3. The van der Waals surface area contributed by atoms with Gasteiger partial charge in [-0.1, -0.05) is 0 Å². The molecule has 262 valence electrons. The van der Waals surface area contributed by atoms with Crippen LogP contribution in [0.4, 0.5) is 4.39 Å². The molecule has 0 aromatic heterocycles. The number of alkyl halides is 2. The van der Waals surface area contributed by atoms with Crippen LogP contribution in [0.15, 0.2) is 0 Å². The molecule has 12 nitrogen and oxygen atoms in total. The number of amides is 1. The van der Waals surface area contributed by atoms with Gasteiger partial charge in [-0.05, 0) is 69.2 Å². The van der Waals surface area contributed by atoms with Gasteiger partial charge in [0.05, 0.1) is 24.2 Å². The van der Waals surface area contributed by atoms with Crippen LogP contribution in [0.25, 0.3) is 0 Å². The van der Waals surface area contributed by atoms with E-state index < -0.39 is 37.2 Å². The van der Waals surface area contributed by atoms with Gasteiger partial charge < -0.3 is 40.5 Å². The smallest absolute Gasteiger partial charge is 0.222 e. The molecule has 8 N–H and O–H groups in total. The molecule has 0 bridgehead atoms. The molecular weight excluding hydrogens is 609 g/mol. The van der Waals surface area contributed by atoms with Crippen LogP contribution >= 0.6 is 11.6 Å². The summed E-state index contributed by atoms with van der Waals surface area (Å²) in [7, 11) is 0. The predicted octanol–water partition coefficient (Wildman–Crippen LogP) is -0.650. The van der Waals surface area contributed by atoms with Crippen LogP contribution in [0, 0.1) is 17.8 Å². The lowest BCUT2D eigenvalue weighted by molar-refractivity contribution is -0.140. The number of nitrogens with zero attached hydrogens (tertiary/aromatic N) is 2. The quantitative estimate of drug-likeness (QED) is 0.0734. The minimum absolute atomic E-state index is 0.00513. The van der Waals surface area contributed by atoms with Crippen molar-refractivity contribution in [3.8, 4) is 0 Å². The molecule has 3 unspecified atom stereocenters. The standard InChI is InChI=1S/C31H57ClFN5O7/c32-23-14-35-31(36-15-23)37-9-6-20(7-10-37)2-1-11-45-24-4-3-22(25(33)13-24)12-28(42)38-17-21(18-38)5-8-34-16-26(40)29(43)30(44)27(41)19-39/h20-27,29-31,34-36,39-41,43-44H,1-19H2/t22?,23?,24?,25?,26-,27+,29+,30+,31?/m0/s1. The third-order valence-corrected chi connectivity index (χ3v) is 10.5. The molecule has 0 aromatic rings. The summed E-state index contributed by atoms with van der Waals surface area (Å²) in [6.45, 7) is 5.61. The lowest BCUT2D eigenvalue weighted by Gasteiger charge is -2.41. The van der Waals surface area contributed by atoms with Crippen LogP contribution in [-0.4, -0.2) is 155 Å². The highest BCUT2D eigenvalue weighted by Gasteiger charge is 2.37. The van der Waals surface area contributed by atoms with Crippen molar-refractivity contribution in [3.05, 3.63) is 0 Å². The van der Waals surface area contributed by atoms with Gasteiger partial charge in [-0.15, -0.1) is 11.6 Å². The maximum absolute atomic E-state index is 15.0. The third kappa shape index (κ3) is 11.4. The fraction of sp³-hybridized carbons (Fsp3) is 0.968. The second kappa shape index (κ2) is 18.7. The fourth-order valence-electron chi connectivity index (χ4n) is 7.08. The Morgan fingerprint density at radius 3 is 2.33 bits per heavy atom. The van der Waals surface area contributed by atoms with Crippen molar-refractivity contribution in [1.29, 1.82) is 0 Å². The van der Waals surface area contributed by atoms with Crippen molar-refractivity contribution in [1.82, 2.24) is 25.8 Å². The van der Waals surface area contributed by atoms with Crippen molar-refractivity contribution >= 4 is 17.5 Å². The number of piperidine rings is 1. The van der Waals surface area contributed by atoms with E-state index in [0.29, 0.717) is 50.9 Å². The number of likely N-dealkylation sites (tertiary alicyclic amines) is 2. The maximum Gasteiger partial charge on any atom is 0.222 e. The van der Waals surface area contributed by atoms with Crippen LogP contribution < -0.4 is 16.0 Å². The molecule has 14 heteroatoms. The van der Waals surface area contributed by atoms with Gasteiger partial charge in [0.15, 0.2) is 0 Å². The zero-order chi connectivity index (χ0) is 32.3. The van der Waals surface area contributed by atoms with Gasteiger partial charge in [-0.2, -0.15) is 0 Å². The summed E-state index contributed by atoms with van der Waals surface area (Å²) < 4.78 is 21.1. The number of rotatable bonds is 17. The SMILES string of the molecule is O=C(CC1CCC(OCCCC2CCN(C3NCC(Cl)CN3)CC2)CC1F)N1CC(CCNC[C@H](O)[C@@H](O)[C@H](O)[C@H](O)CO)C1. The number of aliphatic hydroxyl groups is 5. The average Bonchev–Trinajstić information content (AvgIpc) is 3.02. The first-order valence-corrected chi connectivity index (χ1v) is 17.5. The van der Waals surface area contributed by atoms with Gasteiger partial charge in [0.1, 0.15) is 30.8 Å². The molecule has 0 radical (unpaired) electrons. The van der Waals surface area contributed by atoms with E-state index in [1.807, 2.05) is 0 Å². The van der Waals surface area contributed by atoms with Gasteiger partial charge in [0.25, 0.3) is 0 Å². The Labute approximate surface area is 272 Å². The van der Waals surface area contributed by atoms with Crippen molar-refractivity contribution in [3.63, 3.8) is 0 Å². The maximum atomic E-state index is 15.0. The largest absolute Gasteiger partial charge is 0.394 e. The highest BCUT2D eigenvalue weighted by molar-refractivity contribution is 6.21. The normalized spacial score (nSPS) is 31.7. The number of carbonyl (C=O) groups is 1. The molecule has 1 aliphatic carbocycles. The third-order valence-electron chi connectivity index (χ3n) is 10.2. The predicted molar refractivity (Wildman–Crippen MR) is 168 cm³/mol. The lowest BCUT2D eigenvalue weighted by Crippen LogP contribution is -2.62. The summed E-state index contributed by atoms with van der Waals surface area (Å²) >= 11 is 6.16. The van der Waals surface area contributed by atoms with E-state index >= 15 is 4.39 Å². The number of nitrogens with one attached hydrogen (secondary N) is 3. The van der Waals surface area contributed by atoms with Crippen LogP contribution in [0.1, 0.15) is 57.8 Å². The number of aliphatic hydroxyl groups excluding tert-OH is 5.